The first kappa shape index (κ1) is 16.3. The molecular weight excluding hydrogens is 283 g/mol. The number of rotatable bonds is 5. The molecule has 0 bridgehead atoms. The van der Waals surface area contributed by atoms with Gasteiger partial charge in [-0.25, -0.2) is 0 Å². The van der Waals surface area contributed by atoms with Gasteiger partial charge < -0.3 is 11.1 Å². The van der Waals surface area contributed by atoms with E-state index in [0.29, 0.717) is 10.0 Å². The van der Waals surface area contributed by atoms with E-state index >= 15 is 0 Å². The van der Waals surface area contributed by atoms with Crippen molar-refractivity contribution < 1.29 is 4.79 Å². The highest BCUT2D eigenvalue weighted by molar-refractivity contribution is 6.42. The van der Waals surface area contributed by atoms with Crippen LogP contribution in [0.5, 0.6) is 0 Å². The van der Waals surface area contributed by atoms with Crippen LogP contribution in [0.25, 0.3) is 0 Å². The molecule has 106 valence electrons. The number of amides is 1. The first-order valence-electron chi connectivity index (χ1n) is 6.37. The zero-order chi connectivity index (χ0) is 14.6. The zero-order valence-corrected chi connectivity index (χ0v) is 12.9. The third-order valence-corrected chi connectivity index (χ3v) is 4.10. The van der Waals surface area contributed by atoms with E-state index < -0.39 is 6.04 Å². The molecule has 2 unspecified atom stereocenters. The summed E-state index contributed by atoms with van der Waals surface area (Å²) in [5.74, 6) is 0.00827. The lowest BCUT2D eigenvalue weighted by Gasteiger charge is -2.21. The van der Waals surface area contributed by atoms with Gasteiger partial charge in [-0.2, -0.15) is 0 Å². The van der Waals surface area contributed by atoms with Gasteiger partial charge in [-0.3, -0.25) is 4.79 Å². The van der Waals surface area contributed by atoms with Gasteiger partial charge in [0.1, 0.15) is 0 Å². The van der Waals surface area contributed by atoms with Crippen molar-refractivity contribution in [3.05, 3.63) is 33.8 Å². The summed E-state index contributed by atoms with van der Waals surface area (Å²) < 4.78 is 0. The molecule has 0 fully saturated rings. The maximum atomic E-state index is 12.0. The minimum absolute atomic E-state index is 0.145. The number of carbonyl (C=O) groups is 1. The average molecular weight is 303 g/mol. The predicted molar refractivity (Wildman–Crippen MR) is 80.5 cm³/mol. The maximum Gasteiger partial charge on any atom is 0.237 e. The normalized spacial score (nSPS) is 15.7. The Kier molecular flexibility index (Phi) is 6.11. The molecule has 19 heavy (non-hydrogen) atoms. The van der Waals surface area contributed by atoms with E-state index in [-0.39, 0.29) is 17.9 Å². The second-order valence-corrected chi connectivity index (χ2v) is 5.63. The Bertz CT molecular complexity index is 451. The van der Waals surface area contributed by atoms with Gasteiger partial charge in [0.05, 0.1) is 22.1 Å². The Hall–Kier alpha value is -0.770. The van der Waals surface area contributed by atoms with Crippen LogP contribution in [0.4, 0.5) is 0 Å². The van der Waals surface area contributed by atoms with E-state index in [4.69, 9.17) is 28.9 Å². The van der Waals surface area contributed by atoms with Crippen molar-refractivity contribution in [3.63, 3.8) is 0 Å². The van der Waals surface area contributed by atoms with Crippen molar-refractivity contribution in [1.82, 2.24) is 5.32 Å². The number of hydrogen-bond acceptors (Lipinski definition) is 2. The van der Waals surface area contributed by atoms with Gasteiger partial charge in [0.2, 0.25) is 5.91 Å². The van der Waals surface area contributed by atoms with E-state index in [9.17, 15) is 4.79 Å². The molecule has 0 spiro atoms. The van der Waals surface area contributed by atoms with E-state index in [1.165, 1.54) is 0 Å². The fourth-order valence-electron chi connectivity index (χ4n) is 1.69. The molecule has 0 heterocycles. The summed E-state index contributed by atoms with van der Waals surface area (Å²) in [6, 6.07) is 4.67. The quantitative estimate of drug-likeness (QED) is 0.874. The molecule has 0 aliphatic carbocycles. The highest BCUT2D eigenvalue weighted by atomic mass is 35.5. The number of carbonyl (C=O) groups excluding carboxylic acids is 1. The summed E-state index contributed by atoms with van der Waals surface area (Å²) in [7, 11) is 0. The molecule has 0 aromatic heterocycles. The molecule has 1 rings (SSSR count). The monoisotopic (exact) mass is 302 g/mol. The molecular formula is C14H20Cl2N2O. The molecule has 3 nitrogen and oxygen atoms in total. The molecule has 0 saturated heterocycles. The van der Waals surface area contributed by atoms with E-state index in [0.717, 1.165) is 12.0 Å². The lowest BCUT2D eigenvalue weighted by molar-refractivity contribution is -0.124. The highest BCUT2D eigenvalue weighted by Crippen LogP contribution is 2.25. The molecule has 1 aromatic rings. The van der Waals surface area contributed by atoms with Crippen molar-refractivity contribution in [1.29, 1.82) is 0 Å². The topological polar surface area (TPSA) is 55.1 Å². The van der Waals surface area contributed by atoms with Gasteiger partial charge in [-0.1, -0.05) is 49.5 Å². The Morgan fingerprint density at radius 2 is 1.95 bits per heavy atom. The van der Waals surface area contributed by atoms with Crippen LogP contribution in [0.1, 0.15) is 38.8 Å². The number of benzene rings is 1. The summed E-state index contributed by atoms with van der Waals surface area (Å²) in [5, 5.41) is 3.87. The number of nitrogens with one attached hydrogen (secondary N) is 1. The minimum Gasteiger partial charge on any atom is -0.348 e. The van der Waals surface area contributed by atoms with Gasteiger partial charge in [0.25, 0.3) is 0 Å². The molecule has 1 amide bonds. The largest absolute Gasteiger partial charge is 0.348 e. The van der Waals surface area contributed by atoms with E-state index in [1.807, 2.05) is 26.8 Å². The van der Waals surface area contributed by atoms with Crippen LogP contribution in [-0.4, -0.2) is 11.9 Å². The molecule has 5 heteroatoms. The third kappa shape index (κ3) is 4.37. The van der Waals surface area contributed by atoms with Gasteiger partial charge in [-0.05, 0) is 30.5 Å². The van der Waals surface area contributed by atoms with Gasteiger partial charge in [0.15, 0.2) is 0 Å². The number of halogens is 2. The Labute approximate surface area is 124 Å². The van der Waals surface area contributed by atoms with Crippen molar-refractivity contribution in [2.75, 3.05) is 0 Å². The summed E-state index contributed by atoms with van der Waals surface area (Å²) in [5.41, 5.74) is 6.79. The molecule has 0 aliphatic heterocycles. The van der Waals surface area contributed by atoms with Crippen LogP contribution in [0.15, 0.2) is 18.2 Å². The first-order chi connectivity index (χ1) is 8.86. The molecule has 1 aromatic carbocycles. The number of nitrogens with two attached hydrogens (primary N) is 1. The molecule has 3 N–H and O–H groups in total. The Morgan fingerprint density at radius 3 is 2.47 bits per heavy atom. The van der Waals surface area contributed by atoms with Gasteiger partial charge >= 0.3 is 0 Å². The van der Waals surface area contributed by atoms with Crippen LogP contribution in [-0.2, 0) is 4.79 Å². The third-order valence-electron chi connectivity index (χ3n) is 3.36. The maximum absolute atomic E-state index is 12.0. The molecule has 0 radical (unpaired) electrons. The number of hydrogen-bond donors (Lipinski definition) is 2. The van der Waals surface area contributed by atoms with Crippen molar-refractivity contribution in [2.24, 2.45) is 11.7 Å². The minimum atomic E-state index is -0.491. The van der Waals surface area contributed by atoms with Crippen molar-refractivity contribution in [2.45, 2.75) is 39.3 Å². The van der Waals surface area contributed by atoms with Crippen LogP contribution in [0.2, 0.25) is 10.0 Å². The zero-order valence-electron chi connectivity index (χ0n) is 11.4. The molecule has 0 saturated carbocycles. The lowest BCUT2D eigenvalue weighted by Crippen LogP contribution is -2.45. The van der Waals surface area contributed by atoms with Gasteiger partial charge in [-0.15, -0.1) is 0 Å². The van der Waals surface area contributed by atoms with Gasteiger partial charge in [0, 0.05) is 0 Å². The van der Waals surface area contributed by atoms with Crippen LogP contribution in [0, 0.1) is 5.92 Å². The van der Waals surface area contributed by atoms with Crippen molar-refractivity contribution in [3.8, 4) is 0 Å². The standard InChI is InChI=1S/C14H20Cl2N2O/c1-4-8(2)13(17)14(19)18-9(3)10-5-6-11(15)12(16)7-10/h5-9,13H,4,17H2,1-3H3,(H,18,19)/t8?,9?,13-/m0/s1. The smallest absolute Gasteiger partial charge is 0.237 e. The van der Waals surface area contributed by atoms with Crippen LogP contribution >= 0.6 is 23.2 Å². The van der Waals surface area contributed by atoms with Crippen LogP contribution < -0.4 is 11.1 Å². The van der Waals surface area contributed by atoms with E-state index in [2.05, 4.69) is 5.32 Å². The SMILES string of the molecule is CCC(C)[C@H](N)C(=O)NC(C)c1ccc(Cl)c(Cl)c1. The van der Waals surface area contributed by atoms with Crippen LogP contribution in [0.3, 0.4) is 0 Å². The Morgan fingerprint density at radius 1 is 1.32 bits per heavy atom. The molecule has 0 aliphatic rings. The average Bonchev–Trinajstić information content (AvgIpc) is 2.39. The van der Waals surface area contributed by atoms with E-state index in [1.54, 1.807) is 12.1 Å². The Balaban J connectivity index is 2.71. The summed E-state index contributed by atoms with van der Waals surface area (Å²) in [6.45, 7) is 5.87. The second kappa shape index (κ2) is 7.13. The predicted octanol–water partition coefficient (Wildman–Crippen LogP) is 3.54. The summed E-state index contributed by atoms with van der Waals surface area (Å²) >= 11 is 11.8. The second-order valence-electron chi connectivity index (χ2n) is 4.82. The summed E-state index contributed by atoms with van der Waals surface area (Å²) in [4.78, 5) is 12.0. The molecule has 3 atom stereocenters. The van der Waals surface area contributed by atoms with Crippen molar-refractivity contribution >= 4 is 29.1 Å². The fourth-order valence-corrected chi connectivity index (χ4v) is 1.99. The first-order valence-corrected chi connectivity index (χ1v) is 7.13. The highest BCUT2D eigenvalue weighted by Gasteiger charge is 2.21. The summed E-state index contributed by atoms with van der Waals surface area (Å²) in [6.07, 6.45) is 0.871. The lowest BCUT2D eigenvalue weighted by atomic mass is 9.98. The fraction of sp³-hybridized carbons (Fsp3) is 0.500.